The summed E-state index contributed by atoms with van der Waals surface area (Å²) < 4.78 is 0. The van der Waals surface area contributed by atoms with Crippen molar-refractivity contribution in [2.45, 2.75) is 6.92 Å². The third kappa shape index (κ3) is 5.89. The van der Waals surface area contributed by atoms with Crippen LogP contribution in [0, 0.1) is 0 Å². The molecule has 0 rings (SSSR count). The van der Waals surface area contributed by atoms with E-state index in [1.165, 1.54) is 0 Å². The Bertz CT molecular complexity index is 52.0. The van der Waals surface area contributed by atoms with Gasteiger partial charge in [-0.05, 0) is 18.6 Å². The fourth-order valence-electron chi connectivity index (χ4n) is 0.234. The second-order valence-electron chi connectivity index (χ2n) is 1.10. The second-order valence-corrected chi connectivity index (χ2v) is 1.84. The first-order chi connectivity index (χ1) is 3.41. The van der Waals surface area contributed by atoms with Crippen molar-refractivity contribution in [2.24, 2.45) is 0 Å². The van der Waals surface area contributed by atoms with Crippen molar-refractivity contribution >= 4 is 11.8 Å². The summed E-state index contributed by atoms with van der Waals surface area (Å²) in [6, 6.07) is 0. The van der Waals surface area contributed by atoms with Gasteiger partial charge in [-0.15, -0.1) is 11.8 Å². The zero-order chi connectivity index (χ0) is 5.54. The van der Waals surface area contributed by atoms with Crippen LogP contribution in [0.1, 0.15) is 6.92 Å². The molecule has 0 saturated carbocycles. The van der Waals surface area contributed by atoms with Crippen molar-refractivity contribution in [3.8, 4) is 0 Å². The molecule has 1 nitrogen and oxygen atoms in total. The van der Waals surface area contributed by atoms with E-state index in [2.05, 4.69) is 12.2 Å². The molecule has 0 aromatic heterocycles. The standard InChI is InChI=1S/C5H11NS/c1-3-6-4-5-7-2/h4-6H,3H2,1-2H3/b5-4-. The number of hydrogen-bond donors (Lipinski definition) is 1. The molecule has 0 bridgehead atoms. The van der Waals surface area contributed by atoms with Gasteiger partial charge in [0.1, 0.15) is 0 Å². The lowest BCUT2D eigenvalue weighted by Crippen LogP contribution is -2.00. The van der Waals surface area contributed by atoms with Crippen LogP contribution in [-0.4, -0.2) is 12.8 Å². The number of hydrogen-bond acceptors (Lipinski definition) is 2. The summed E-state index contributed by atoms with van der Waals surface area (Å²) in [7, 11) is 0. The SMILES string of the molecule is CCN/C=C\SC. The Labute approximate surface area is 49.2 Å². The van der Waals surface area contributed by atoms with Crippen LogP contribution >= 0.6 is 11.8 Å². The molecule has 1 N–H and O–H groups in total. The minimum Gasteiger partial charge on any atom is -0.391 e. The van der Waals surface area contributed by atoms with E-state index in [0.717, 1.165) is 6.54 Å². The fourth-order valence-corrected chi connectivity index (χ4v) is 0.466. The first-order valence-corrected chi connectivity index (χ1v) is 3.61. The summed E-state index contributed by atoms with van der Waals surface area (Å²) in [5.74, 6) is 0. The monoisotopic (exact) mass is 117 g/mol. The van der Waals surface area contributed by atoms with E-state index >= 15 is 0 Å². The summed E-state index contributed by atoms with van der Waals surface area (Å²) in [4.78, 5) is 0. The highest BCUT2D eigenvalue weighted by Gasteiger charge is 1.63. The van der Waals surface area contributed by atoms with Crippen LogP contribution in [0.5, 0.6) is 0 Å². The average molecular weight is 117 g/mol. The quantitative estimate of drug-likeness (QED) is 0.600. The molecule has 0 atom stereocenters. The minimum absolute atomic E-state index is 1.01. The van der Waals surface area contributed by atoms with E-state index in [-0.39, 0.29) is 0 Å². The summed E-state index contributed by atoms with van der Waals surface area (Å²) in [6.07, 6.45) is 3.98. The van der Waals surface area contributed by atoms with Gasteiger partial charge in [0.05, 0.1) is 0 Å². The molecule has 0 aliphatic carbocycles. The highest BCUT2D eigenvalue weighted by Crippen LogP contribution is 1.89. The van der Waals surface area contributed by atoms with E-state index in [4.69, 9.17) is 0 Å². The van der Waals surface area contributed by atoms with Gasteiger partial charge in [-0.2, -0.15) is 0 Å². The van der Waals surface area contributed by atoms with Crippen LogP contribution in [0.4, 0.5) is 0 Å². The minimum atomic E-state index is 1.01. The van der Waals surface area contributed by atoms with Gasteiger partial charge < -0.3 is 5.32 Å². The highest BCUT2D eigenvalue weighted by molar-refractivity contribution is 8.01. The number of rotatable bonds is 3. The van der Waals surface area contributed by atoms with E-state index in [9.17, 15) is 0 Å². The van der Waals surface area contributed by atoms with Gasteiger partial charge in [0.15, 0.2) is 0 Å². The fraction of sp³-hybridized carbons (Fsp3) is 0.600. The molecule has 0 aliphatic heterocycles. The molecule has 0 saturated heterocycles. The lowest BCUT2D eigenvalue weighted by Gasteiger charge is -1.87. The van der Waals surface area contributed by atoms with Crippen LogP contribution in [0.2, 0.25) is 0 Å². The summed E-state index contributed by atoms with van der Waals surface area (Å²) in [5, 5.41) is 5.07. The number of thioether (sulfide) groups is 1. The highest BCUT2D eigenvalue weighted by atomic mass is 32.2. The molecule has 0 spiro atoms. The largest absolute Gasteiger partial charge is 0.391 e. The smallest absolute Gasteiger partial charge is 0.0113 e. The van der Waals surface area contributed by atoms with Crippen molar-refractivity contribution in [1.29, 1.82) is 0 Å². The van der Waals surface area contributed by atoms with Gasteiger partial charge in [0.25, 0.3) is 0 Å². The Hall–Kier alpha value is -0.110. The van der Waals surface area contributed by atoms with Crippen LogP contribution in [-0.2, 0) is 0 Å². The lowest BCUT2D eigenvalue weighted by molar-refractivity contribution is 0.921. The predicted molar refractivity (Wildman–Crippen MR) is 36.3 cm³/mol. The molecule has 0 heterocycles. The summed E-state index contributed by atoms with van der Waals surface area (Å²) >= 11 is 1.70. The molecule has 0 radical (unpaired) electrons. The molecule has 0 amide bonds. The van der Waals surface area contributed by atoms with Gasteiger partial charge >= 0.3 is 0 Å². The van der Waals surface area contributed by atoms with Gasteiger partial charge in [-0.1, -0.05) is 0 Å². The average Bonchev–Trinajstić information content (AvgIpc) is 1.69. The van der Waals surface area contributed by atoms with Crippen molar-refractivity contribution in [2.75, 3.05) is 12.8 Å². The molecule has 0 fully saturated rings. The van der Waals surface area contributed by atoms with E-state index in [1.807, 2.05) is 17.9 Å². The van der Waals surface area contributed by atoms with Gasteiger partial charge in [0, 0.05) is 12.7 Å². The maximum Gasteiger partial charge on any atom is 0.0113 e. The van der Waals surface area contributed by atoms with Gasteiger partial charge in [0.2, 0.25) is 0 Å². The Balaban J connectivity index is 2.78. The first-order valence-electron chi connectivity index (χ1n) is 2.33. The molecule has 0 aliphatic rings. The summed E-state index contributed by atoms with van der Waals surface area (Å²) in [5.41, 5.74) is 0. The Morgan fingerprint density at radius 1 is 1.71 bits per heavy atom. The third-order valence-electron chi connectivity index (χ3n) is 0.526. The molecule has 2 heteroatoms. The van der Waals surface area contributed by atoms with Crippen LogP contribution in [0.15, 0.2) is 11.6 Å². The van der Waals surface area contributed by atoms with Crippen molar-refractivity contribution < 1.29 is 0 Å². The lowest BCUT2D eigenvalue weighted by atomic mass is 10.7. The molecule has 42 valence electrons. The number of nitrogens with one attached hydrogen (secondary N) is 1. The molecule has 0 unspecified atom stereocenters. The van der Waals surface area contributed by atoms with Gasteiger partial charge in [-0.25, -0.2) is 0 Å². The maximum absolute atomic E-state index is 3.05. The van der Waals surface area contributed by atoms with Crippen molar-refractivity contribution in [3.05, 3.63) is 11.6 Å². The first kappa shape index (κ1) is 6.89. The van der Waals surface area contributed by atoms with E-state index in [0.29, 0.717) is 0 Å². The zero-order valence-electron chi connectivity index (χ0n) is 4.77. The second kappa shape index (κ2) is 5.89. The normalized spacial score (nSPS) is 10.0. The molecular weight excluding hydrogens is 106 g/mol. The molecule has 0 aromatic rings. The Morgan fingerprint density at radius 3 is 2.86 bits per heavy atom. The third-order valence-corrected chi connectivity index (χ3v) is 0.934. The Morgan fingerprint density at radius 2 is 2.43 bits per heavy atom. The maximum atomic E-state index is 3.05. The van der Waals surface area contributed by atoms with Crippen molar-refractivity contribution in [1.82, 2.24) is 5.32 Å². The Kier molecular flexibility index (Phi) is 5.80. The van der Waals surface area contributed by atoms with Crippen LogP contribution in [0.25, 0.3) is 0 Å². The van der Waals surface area contributed by atoms with Gasteiger partial charge in [-0.3, -0.25) is 0 Å². The zero-order valence-corrected chi connectivity index (χ0v) is 5.59. The topological polar surface area (TPSA) is 12.0 Å². The van der Waals surface area contributed by atoms with Crippen LogP contribution in [0.3, 0.4) is 0 Å². The van der Waals surface area contributed by atoms with E-state index in [1.54, 1.807) is 11.8 Å². The van der Waals surface area contributed by atoms with Crippen LogP contribution < -0.4 is 5.32 Å². The van der Waals surface area contributed by atoms with E-state index < -0.39 is 0 Å². The summed E-state index contributed by atoms with van der Waals surface area (Å²) in [6.45, 7) is 3.09. The molecule has 0 aromatic carbocycles. The molecule has 7 heavy (non-hydrogen) atoms. The van der Waals surface area contributed by atoms with Crippen molar-refractivity contribution in [3.63, 3.8) is 0 Å². The predicted octanol–water partition coefficient (Wildman–Crippen LogP) is 1.43. The molecular formula is C5H11NS.